The molecule has 2 aromatic carbocycles. The molecule has 0 unspecified atom stereocenters. The predicted molar refractivity (Wildman–Crippen MR) is 115 cm³/mol. The molecule has 0 spiro atoms. The van der Waals surface area contributed by atoms with Gasteiger partial charge in [0.2, 0.25) is 9.47 Å². The van der Waals surface area contributed by atoms with Crippen LogP contribution in [-0.4, -0.2) is 31.6 Å². The van der Waals surface area contributed by atoms with Crippen molar-refractivity contribution in [1.82, 2.24) is 14.9 Å². The van der Waals surface area contributed by atoms with Gasteiger partial charge in [-0.05, 0) is 42.7 Å². The van der Waals surface area contributed by atoms with Gasteiger partial charge in [0.25, 0.3) is 15.9 Å². The number of sulfonamides is 1. The molecule has 10 heteroatoms. The molecule has 158 valence electrons. The van der Waals surface area contributed by atoms with Gasteiger partial charge in [-0.1, -0.05) is 48.6 Å². The Kier molecular flexibility index (Phi) is 6.80. The summed E-state index contributed by atoms with van der Waals surface area (Å²) >= 11 is 0.798. The summed E-state index contributed by atoms with van der Waals surface area (Å²) < 4.78 is 33.1. The zero-order valence-electron chi connectivity index (χ0n) is 16.7. The van der Waals surface area contributed by atoms with E-state index in [4.69, 9.17) is 4.74 Å². The normalized spacial score (nSPS) is 12.4. The molecule has 0 saturated heterocycles. The summed E-state index contributed by atoms with van der Waals surface area (Å²) in [6.45, 7) is 3.70. The molecule has 3 rings (SSSR count). The Morgan fingerprint density at radius 1 is 1.13 bits per heavy atom. The van der Waals surface area contributed by atoms with E-state index in [0.717, 1.165) is 22.5 Å². The number of ether oxygens (including phenoxy) is 1. The van der Waals surface area contributed by atoms with Crippen molar-refractivity contribution in [2.45, 2.75) is 30.6 Å². The number of aromatic nitrogens is 2. The van der Waals surface area contributed by atoms with E-state index in [0.29, 0.717) is 17.7 Å². The molecule has 0 aliphatic carbocycles. The number of hydrogen-bond acceptors (Lipinski definition) is 7. The van der Waals surface area contributed by atoms with Gasteiger partial charge in [0.05, 0.1) is 7.11 Å². The van der Waals surface area contributed by atoms with E-state index >= 15 is 0 Å². The smallest absolute Gasteiger partial charge is 0.270 e. The molecule has 30 heavy (non-hydrogen) atoms. The van der Waals surface area contributed by atoms with Crippen molar-refractivity contribution < 1.29 is 17.9 Å². The molecule has 0 saturated carbocycles. The lowest BCUT2D eigenvalue weighted by atomic mass is 10.1. The van der Waals surface area contributed by atoms with Gasteiger partial charge < -0.3 is 4.74 Å². The van der Waals surface area contributed by atoms with E-state index in [1.165, 1.54) is 0 Å². The molecular formula is C20H22N4O4S2. The number of rotatable bonds is 8. The summed E-state index contributed by atoms with van der Waals surface area (Å²) in [5.41, 5.74) is 2.10. The SMILES string of the molecule is CC[C@H](NS(=O)(=O)c1nnc(NC(=O)c2ccccc2C)s1)c1ccc(OC)cc1. The second-order valence-corrected chi connectivity index (χ2v) is 9.36. The van der Waals surface area contributed by atoms with Crippen molar-refractivity contribution in [3.8, 4) is 5.75 Å². The lowest BCUT2D eigenvalue weighted by Crippen LogP contribution is -2.28. The first-order valence-corrected chi connectivity index (χ1v) is 11.5. The molecule has 1 aromatic heterocycles. The van der Waals surface area contributed by atoms with Crippen LogP contribution in [0.2, 0.25) is 0 Å². The van der Waals surface area contributed by atoms with Gasteiger partial charge in [0, 0.05) is 11.6 Å². The minimum atomic E-state index is -3.91. The van der Waals surface area contributed by atoms with Crippen LogP contribution in [-0.2, 0) is 10.0 Å². The fraction of sp³-hybridized carbons (Fsp3) is 0.250. The lowest BCUT2D eigenvalue weighted by molar-refractivity contribution is 0.102. The second-order valence-electron chi connectivity index (χ2n) is 6.50. The fourth-order valence-electron chi connectivity index (χ4n) is 2.82. The van der Waals surface area contributed by atoms with E-state index in [1.807, 2.05) is 38.1 Å². The number of carbonyl (C=O) groups is 1. The molecule has 0 radical (unpaired) electrons. The van der Waals surface area contributed by atoms with Crippen LogP contribution in [0.1, 0.15) is 40.9 Å². The van der Waals surface area contributed by atoms with Crippen molar-refractivity contribution in [2.75, 3.05) is 12.4 Å². The molecule has 1 amide bonds. The highest BCUT2D eigenvalue weighted by atomic mass is 32.2. The van der Waals surface area contributed by atoms with E-state index in [9.17, 15) is 13.2 Å². The number of anilines is 1. The van der Waals surface area contributed by atoms with Crippen molar-refractivity contribution in [3.63, 3.8) is 0 Å². The van der Waals surface area contributed by atoms with Gasteiger partial charge in [0.1, 0.15) is 5.75 Å². The van der Waals surface area contributed by atoms with Crippen LogP contribution in [0.25, 0.3) is 0 Å². The average Bonchev–Trinajstić information content (AvgIpc) is 3.22. The number of nitrogens with one attached hydrogen (secondary N) is 2. The van der Waals surface area contributed by atoms with Crippen LogP contribution in [0.4, 0.5) is 5.13 Å². The molecule has 0 aliphatic heterocycles. The Labute approximate surface area is 179 Å². The van der Waals surface area contributed by atoms with Gasteiger partial charge >= 0.3 is 0 Å². The summed E-state index contributed by atoms with van der Waals surface area (Å²) in [6, 6.07) is 13.8. The highest BCUT2D eigenvalue weighted by Gasteiger charge is 2.25. The van der Waals surface area contributed by atoms with Crippen molar-refractivity contribution >= 4 is 32.4 Å². The summed E-state index contributed by atoms with van der Waals surface area (Å²) in [6.07, 6.45) is 0.543. The van der Waals surface area contributed by atoms with Crippen LogP contribution in [0, 0.1) is 6.92 Å². The molecule has 3 aromatic rings. The van der Waals surface area contributed by atoms with Crippen LogP contribution in [0.15, 0.2) is 52.9 Å². The van der Waals surface area contributed by atoms with Crippen molar-refractivity contribution in [3.05, 3.63) is 65.2 Å². The highest BCUT2D eigenvalue weighted by molar-refractivity contribution is 7.91. The quantitative estimate of drug-likeness (QED) is 0.512. The number of amides is 1. The summed E-state index contributed by atoms with van der Waals surface area (Å²) in [5, 5.41) is 10.3. The minimum absolute atomic E-state index is 0.112. The highest BCUT2D eigenvalue weighted by Crippen LogP contribution is 2.25. The van der Waals surface area contributed by atoms with Gasteiger partial charge in [-0.2, -0.15) is 0 Å². The molecule has 8 nitrogen and oxygen atoms in total. The molecule has 2 N–H and O–H groups in total. The number of carbonyl (C=O) groups excluding carboxylic acids is 1. The Balaban J connectivity index is 1.74. The molecular weight excluding hydrogens is 424 g/mol. The van der Waals surface area contributed by atoms with Gasteiger partial charge in [-0.25, -0.2) is 13.1 Å². The van der Waals surface area contributed by atoms with E-state index in [1.54, 1.807) is 31.4 Å². The topological polar surface area (TPSA) is 110 Å². The molecule has 0 fully saturated rings. The molecule has 0 aliphatic rings. The summed E-state index contributed by atoms with van der Waals surface area (Å²) in [4.78, 5) is 12.4. The van der Waals surface area contributed by atoms with Crippen molar-refractivity contribution in [2.24, 2.45) is 0 Å². The Morgan fingerprint density at radius 3 is 2.47 bits per heavy atom. The van der Waals surface area contributed by atoms with E-state index in [-0.39, 0.29) is 15.4 Å². The average molecular weight is 447 g/mol. The van der Waals surface area contributed by atoms with Gasteiger partial charge in [0.15, 0.2) is 0 Å². The Hall–Kier alpha value is -2.82. The number of hydrogen-bond donors (Lipinski definition) is 2. The first-order chi connectivity index (χ1) is 14.3. The van der Waals surface area contributed by atoms with Crippen LogP contribution >= 0.6 is 11.3 Å². The van der Waals surface area contributed by atoms with Gasteiger partial charge in [-0.15, -0.1) is 10.2 Å². The molecule has 1 heterocycles. The lowest BCUT2D eigenvalue weighted by Gasteiger charge is -2.16. The van der Waals surface area contributed by atoms with Crippen LogP contribution < -0.4 is 14.8 Å². The third kappa shape index (κ3) is 5.02. The Bertz CT molecular complexity index is 1130. The fourth-order valence-corrected chi connectivity index (χ4v) is 5.04. The third-order valence-corrected chi connectivity index (χ3v) is 7.15. The predicted octanol–water partition coefficient (Wildman–Crippen LogP) is 3.54. The third-order valence-electron chi connectivity index (χ3n) is 4.47. The van der Waals surface area contributed by atoms with Crippen molar-refractivity contribution in [1.29, 1.82) is 0 Å². The maximum atomic E-state index is 12.8. The first-order valence-electron chi connectivity index (χ1n) is 9.20. The standard InChI is InChI=1S/C20H22N4O4S2/c1-4-17(14-9-11-15(28-3)12-10-14)24-30(26,27)20-23-22-19(29-20)21-18(25)16-8-6-5-7-13(16)2/h5-12,17,24H,4H2,1-3H3,(H,21,22,25)/t17-/m0/s1. The first kappa shape index (κ1) is 21.9. The number of methoxy groups -OCH3 is 1. The zero-order chi connectivity index (χ0) is 21.7. The van der Waals surface area contributed by atoms with Gasteiger partial charge in [-0.3, -0.25) is 10.1 Å². The maximum Gasteiger partial charge on any atom is 0.270 e. The molecule has 1 atom stereocenters. The van der Waals surface area contributed by atoms with Crippen LogP contribution in [0.3, 0.4) is 0 Å². The largest absolute Gasteiger partial charge is 0.497 e. The Morgan fingerprint density at radius 2 is 1.83 bits per heavy atom. The number of nitrogens with zero attached hydrogens (tertiary/aromatic N) is 2. The minimum Gasteiger partial charge on any atom is -0.497 e. The second kappa shape index (κ2) is 9.33. The van der Waals surface area contributed by atoms with E-state index in [2.05, 4.69) is 20.2 Å². The number of benzene rings is 2. The number of aryl methyl sites for hydroxylation is 1. The zero-order valence-corrected chi connectivity index (χ0v) is 18.4. The molecule has 0 bridgehead atoms. The summed E-state index contributed by atoms with van der Waals surface area (Å²) in [7, 11) is -2.34. The summed E-state index contributed by atoms with van der Waals surface area (Å²) in [5.74, 6) is 0.320. The monoisotopic (exact) mass is 446 g/mol. The maximum absolute atomic E-state index is 12.8. The van der Waals surface area contributed by atoms with Crippen LogP contribution in [0.5, 0.6) is 5.75 Å². The van der Waals surface area contributed by atoms with E-state index < -0.39 is 16.1 Å².